The lowest BCUT2D eigenvalue weighted by molar-refractivity contribution is 0.186. The molecule has 154 valence electrons. The fourth-order valence-corrected chi connectivity index (χ4v) is 3.50. The van der Waals surface area contributed by atoms with E-state index in [2.05, 4.69) is 35.9 Å². The lowest BCUT2D eigenvalue weighted by Gasteiger charge is -2.27. The lowest BCUT2D eigenvalue weighted by Crippen LogP contribution is -2.43. The molecule has 7 heteroatoms. The minimum absolute atomic E-state index is 0. The molecule has 6 nitrogen and oxygen atoms in total. The molecule has 0 spiro atoms. The Hall–Kier alpha value is -1.06. The molecule has 1 heterocycles. The molecular formula is C20H35IN4O2. The molecule has 0 radical (unpaired) electrons. The number of halogens is 1. The van der Waals surface area contributed by atoms with Gasteiger partial charge >= 0.3 is 0 Å². The number of aliphatic hydroxyl groups excluding tert-OH is 1. The second-order valence-electron chi connectivity index (χ2n) is 6.59. The summed E-state index contributed by atoms with van der Waals surface area (Å²) >= 11 is 0. The van der Waals surface area contributed by atoms with Crippen molar-refractivity contribution in [3.05, 3.63) is 29.8 Å². The van der Waals surface area contributed by atoms with Gasteiger partial charge in [0.05, 0.1) is 19.8 Å². The molecule has 1 aromatic carbocycles. The summed E-state index contributed by atoms with van der Waals surface area (Å²) in [5.41, 5.74) is 0.854. The Bertz CT molecular complexity index is 564. The molecule has 0 saturated carbocycles. The second kappa shape index (κ2) is 12.4. The van der Waals surface area contributed by atoms with E-state index in [-0.39, 0.29) is 24.0 Å². The van der Waals surface area contributed by atoms with Crippen molar-refractivity contribution in [1.82, 2.24) is 15.1 Å². The van der Waals surface area contributed by atoms with E-state index in [1.54, 1.807) is 7.11 Å². The van der Waals surface area contributed by atoms with Gasteiger partial charge in [-0.2, -0.15) is 0 Å². The highest BCUT2D eigenvalue weighted by Crippen LogP contribution is 2.19. The van der Waals surface area contributed by atoms with Crippen LogP contribution in [0.4, 0.5) is 0 Å². The van der Waals surface area contributed by atoms with Crippen molar-refractivity contribution in [1.29, 1.82) is 0 Å². The summed E-state index contributed by atoms with van der Waals surface area (Å²) < 4.78 is 5.16. The normalized spacial score (nSPS) is 18.4. The number of hydrogen-bond acceptors (Lipinski definition) is 4. The van der Waals surface area contributed by atoms with Gasteiger partial charge in [-0.15, -0.1) is 24.0 Å². The summed E-state index contributed by atoms with van der Waals surface area (Å²) in [5.74, 6) is 1.69. The average Bonchev–Trinajstić information content (AvgIpc) is 3.15. The van der Waals surface area contributed by atoms with Crippen LogP contribution in [0.1, 0.15) is 38.9 Å². The molecule has 0 aromatic heterocycles. The summed E-state index contributed by atoms with van der Waals surface area (Å²) in [7, 11) is 1.64. The first-order valence-corrected chi connectivity index (χ1v) is 9.72. The van der Waals surface area contributed by atoms with Crippen molar-refractivity contribution in [2.75, 3.05) is 46.4 Å². The van der Waals surface area contributed by atoms with Gasteiger partial charge in [-0.1, -0.05) is 26.0 Å². The highest BCUT2D eigenvalue weighted by Gasteiger charge is 2.28. The molecule has 0 amide bonds. The van der Waals surface area contributed by atoms with E-state index in [1.165, 1.54) is 0 Å². The quantitative estimate of drug-likeness (QED) is 0.334. The van der Waals surface area contributed by atoms with Crippen LogP contribution in [0.15, 0.2) is 29.3 Å². The first-order chi connectivity index (χ1) is 12.6. The highest BCUT2D eigenvalue weighted by molar-refractivity contribution is 14.0. The molecule has 2 N–H and O–H groups in total. The number of benzene rings is 1. The lowest BCUT2D eigenvalue weighted by atomic mass is 10.1. The minimum Gasteiger partial charge on any atom is -0.497 e. The Labute approximate surface area is 181 Å². The monoisotopic (exact) mass is 490 g/mol. The molecular weight excluding hydrogens is 455 g/mol. The second-order valence-corrected chi connectivity index (χ2v) is 6.59. The van der Waals surface area contributed by atoms with Gasteiger partial charge in [0.1, 0.15) is 5.75 Å². The van der Waals surface area contributed by atoms with Crippen LogP contribution >= 0.6 is 24.0 Å². The van der Waals surface area contributed by atoms with Crippen molar-refractivity contribution in [3.63, 3.8) is 0 Å². The van der Waals surface area contributed by atoms with Crippen LogP contribution in [-0.2, 0) is 0 Å². The molecule has 0 aliphatic carbocycles. The van der Waals surface area contributed by atoms with E-state index < -0.39 is 6.10 Å². The van der Waals surface area contributed by atoms with Crippen LogP contribution in [0.3, 0.4) is 0 Å². The van der Waals surface area contributed by atoms with Crippen LogP contribution in [0.2, 0.25) is 0 Å². The van der Waals surface area contributed by atoms with E-state index >= 15 is 0 Å². The first-order valence-electron chi connectivity index (χ1n) is 9.72. The highest BCUT2D eigenvalue weighted by atomic mass is 127. The predicted molar refractivity (Wildman–Crippen MR) is 122 cm³/mol. The number of aliphatic hydroxyl groups is 1. The number of nitrogens with one attached hydrogen (secondary N) is 1. The largest absolute Gasteiger partial charge is 0.497 e. The maximum absolute atomic E-state index is 10.5. The summed E-state index contributed by atoms with van der Waals surface area (Å²) in [4.78, 5) is 9.51. The third-order valence-electron chi connectivity index (χ3n) is 5.04. The molecule has 2 atom stereocenters. The topological polar surface area (TPSA) is 60.3 Å². The summed E-state index contributed by atoms with van der Waals surface area (Å²) in [6, 6.07) is 8.09. The molecule has 1 fully saturated rings. The fraction of sp³-hybridized carbons (Fsp3) is 0.650. The first kappa shape index (κ1) is 24.0. The van der Waals surface area contributed by atoms with Gasteiger partial charge in [0.2, 0.25) is 0 Å². The number of ether oxygens (including phenoxy) is 1. The summed E-state index contributed by atoms with van der Waals surface area (Å²) in [6.45, 7) is 11.8. The number of methoxy groups -OCH3 is 1. The molecule has 1 saturated heterocycles. The molecule has 2 unspecified atom stereocenters. The van der Waals surface area contributed by atoms with E-state index in [0.717, 1.165) is 56.4 Å². The fourth-order valence-electron chi connectivity index (χ4n) is 3.50. The van der Waals surface area contributed by atoms with Gasteiger partial charge in [0.25, 0.3) is 0 Å². The maximum atomic E-state index is 10.5. The van der Waals surface area contributed by atoms with Gasteiger partial charge < -0.3 is 20.1 Å². The standard InChI is InChI=1S/C20H34N4O2.HI/c1-5-21-20(24-13-12-17(15-24)23(6-2)7-3)22-14-19(25)16-8-10-18(26-4)11-9-16;/h8-11,17,19,25H,5-7,12-15H2,1-4H3,(H,21,22);1H. The number of guanidine groups is 1. The molecule has 1 aliphatic rings. The van der Waals surface area contributed by atoms with E-state index in [4.69, 9.17) is 9.73 Å². The third kappa shape index (κ3) is 6.80. The van der Waals surface area contributed by atoms with Crippen molar-refractivity contribution in [3.8, 4) is 5.75 Å². The van der Waals surface area contributed by atoms with E-state index in [1.807, 2.05) is 24.3 Å². The Morgan fingerprint density at radius 1 is 1.30 bits per heavy atom. The molecule has 0 bridgehead atoms. The summed E-state index contributed by atoms with van der Waals surface area (Å²) in [5, 5.41) is 13.8. The van der Waals surface area contributed by atoms with E-state index in [9.17, 15) is 5.11 Å². The number of likely N-dealkylation sites (N-methyl/N-ethyl adjacent to an activating group) is 1. The van der Waals surface area contributed by atoms with Crippen LogP contribution in [0.5, 0.6) is 5.75 Å². The minimum atomic E-state index is -0.615. The molecule has 1 aliphatic heterocycles. The zero-order chi connectivity index (χ0) is 18.9. The SMILES string of the molecule is CCNC(=NCC(O)c1ccc(OC)cc1)N1CCC(N(CC)CC)C1.I. The van der Waals surface area contributed by atoms with E-state index in [0.29, 0.717) is 12.6 Å². The van der Waals surface area contributed by atoms with Gasteiger partial charge in [0, 0.05) is 25.7 Å². The number of likely N-dealkylation sites (tertiary alicyclic amines) is 1. The van der Waals surface area contributed by atoms with Crippen molar-refractivity contribution in [2.24, 2.45) is 4.99 Å². The van der Waals surface area contributed by atoms with Gasteiger partial charge in [-0.25, -0.2) is 0 Å². The van der Waals surface area contributed by atoms with Crippen molar-refractivity contribution < 1.29 is 9.84 Å². The Kier molecular flexibility index (Phi) is 11.0. The number of nitrogens with zero attached hydrogens (tertiary/aromatic N) is 3. The van der Waals surface area contributed by atoms with Crippen LogP contribution in [0, 0.1) is 0 Å². The molecule has 1 aromatic rings. The average molecular weight is 490 g/mol. The van der Waals surface area contributed by atoms with Crippen LogP contribution in [-0.4, -0.2) is 73.3 Å². The van der Waals surface area contributed by atoms with Gasteiger partial charge in [0.15, 0.2) is 5.96 Å². The number of hydrogen-bond donors (Lipinski definition) is 2. The Morgan fingerprint density at radius 3 is 2.52 bits per heavy atom. The zero-order valence-corrected chi connectivity index (χ0v) is 19.3. The van der Waals surface area contributed by atoms with Gasteiger partial charge in [-0.3, -0.25) is 9.89 Å². The third-order valence-corrected chi connectivity index (χ3v) is 5.04. The van der Waals surface area contributed by atoms with Crippen LogP contribution in [0.25, 0.3) is 0 Å². The molecule has 27 heavy (non-hydrogen) atoms. The smallest absolute Gasteiger partial charge is 0.194 e. The van der Waals surface area contributed by atoms with Crippen molar-refractivity contribution in [2.45, 2.75) is 39.3 Å². The van der Waals surface area contributed by atoms with Gasteiger partial charge in [-0.05, 0) is 44.1 Å². The maximum Gasteiger partial charge on any atom is 0.194 e. The van der Waals surface area contributed by atoms with Crippen LogP contribution < -0.4 is 10.1 Å². The predicted octanol–water partition coefficient (Wildman–Crippen LogP) is 2.73. The summed E-state index contributed by atoms with van der Waals surface area (Å²) in [6.07, 6.45) is 0.545. The Morgan fingerprint density at radius 2 is 1.96 bits per heavy atom. The number of aliphatic imine (C=N–C) groups is 1. The zero-order valence-electron chi connectivity index (χ0n) is 17.0. The Balaban J connectivity index is 0.00000364. The van der Waals surface area contributed by atoms with Crippen molar-refractivity contribution >= 4 is 29.9 Å². The number of rotatable bonds is 8. The molecule has 2 rings (SSSR count).